The zero-order chi connectivity index (χ0) is 16.5. The zero-order valence-electron chi connectivity index (χ0n) is 14.5. The average molecular weight is 318 g/mol. The molecule has 5 unspecified atom stereocenters. The Balaban J connectivity index is 4.66. The van der Waals surface area contributed by atoms with E-state index < -0.39 is 6.10 Å². The van der Waals surface area contributed by atoms with Crippen molar-refractivity contribution in [3.8, 4) is 0 Å². The van der Waals surface area contributed by atoms with Gasteiger partial charge in [-0.3, -0.25) is 0 Å². The summed E-state index contributed by atoms with van der Waals surface area (Å²) in [6.07, 6.45) is 5.21. The van der Waals surface area contributed by atoms with Gasteiger partial charge in [-0.25, -0.2) is 0 Å². The van der Waals surface area contributed by atoms with Gasteiger partial charge >= 0.3 is 0 Å². The number of aliphatic hydroxyl groups is 1. The molecule has 0 saturated heterocycles. The monoisotopic (exact) mass is 318 g/mol. The minimum Gasteiger partial charge on any atom is -0.391 e. The highest BCUT2D eigenvalue weighted by Crippen LogP contribution is 2.33. The van der Waals surface area contributed by atoms with Crippen molar-refractivity contribution in [2.24, 2.45) is 5.92 Å². The van der Waals surface area contributed by atoms with Gasteiger partial charge in [0.15, 0.2) is 0 Å². The van der Waals surface area contributed by atoms with E-state index in [-0.39, 0.29) is 16.9 Å². The molecular formula is C17H35O3P. The number of aliphatic hydroxyl groups excluding tert-OH is 1. The largest absolute Gasteiger partial charge is 0.391 e. The van der Waals surface area contributed by atoms with Crippen LogP contribution in [0.4, 0.5) is 0 Å². The van der Waals surface area contributed by atoms with Crippen LogP contribution < -0.4 is 0 Å². The van der Waals surface area contributed by atoms with Crippen molar-refractivity contribution >= 4 is 9.24 Å². The summed E-state index contributed by atoms with van der Waals surface area (Å²) < 4.78 is 12.1. The summed E-state index contributed by atoms with van der Waals surface area (Å²) in [6.45, 7) is 15.1. The Bertz CT molecular complexity index is 296. The van der Waals surface area contributed by atoms with Crippen LogP contribution in [0.25, 0.3) is 0 Å². The summed E-state index contributed by atoms with van der Waals surface area (Å²) in [5, 5.41) is 9.23. The summed E-state index contributed by atoms with van der Waals surface area (Å²) >= 11 is 0. The molecule has 0 amide bonds. The molecular weight excluding hydrogens is 283 g/mol. The number of rotatable bonds is 12. The third-order valence-electron chi connectivity index (χ3n) is 4.15. The van der Waals surface area contributed by atoms with E-state index in [2.05, 4.69) is 43.5 Å². The van der Waals surface area contributed by atoms with E-state index in [4.69, 9.17) is 9.47 Å². The predicted molar refractivity (Wildman–Crippen MR) is 93.6 cm³/mol. The van der Waals surface area contributed by atoms with Crippen LogP contribution >= 0.6 is 9.24 Å². The fourth-order valence-corrected chi connectivity index (χ4v) is 2.55. The first-order valence-corrected chi connectivity index (χ1v) is 8.66. The van der Waals surface area contributed by atoms with E-state index in [0.29, 0.717) is 13.2 Å². The molecule has 0 saturated carbocycles. The highest BCUT2D eigenvalue weighted by molar-refractivity contribution is 7.18. The Morgan fingerprint density at radius 1 is 1.24 bits per heavy atom. The third-order valence-corrected chi connectivity index (χ3v) is 4.96. The first-order valence-electron chi connectivity index (χ1n) is 8.08. The first-order chi connectivity index (χ1) is 9.73. The van der Waals surface area contributed by atoms with Gasteiger partial charge in [-0.2, -0.15) is 0 Å². The van der Waals surface area contributed by atoms with Crippen molar-refractivity contribution in [3.63, 3.8) is 0 Å². The fraction of sp³-hybridized carbons (Fsp3) is 0.882. The lowest BCUT2D eigenvalue weighted by atomic mass is 9.86. The van der Waals surface area contributed by atoms with E-state index >= 15 is 0 Å². The SMILES string of the molecule is C=CCC(P)(CC)OCC(C)C(C)(CCC)OCC(C)O. The quantitative estimate of drug-likeness (QED) is 0.434. The molecule has 1 N–H and O–H groups in total. The lowest BCUT2D eigenvalue weighted by molar-refractivity contribution is -0.125. The smallest absolute Gasteiger partial charge is 0.0844 e. The van der Waals surface area contributed by atoms with Gasteiger partial charge in [0.2, 0.25) is 0 Å². The van der Waals surface area contributed by atoms with Crippen LogP contribution in [-0.2, 0) is 9.47 Å². The van der Waals surface area contributed by atoms with Crippen molar-refractivity contribution in [2.45, 2.75) is 77.3 Å². The summed E-state index contributed by atoms with van der Waals surface area (Å²) in [5.41, 5.74) is -0.265. The van der Waals surface area contributed by atoms with E-state index in [1.807, 2.05) is 6.08 Å². The lowest BCUT2D eigenvalue weighted by Gasteiger charge is -2.38. The second kappa shape index (κ2) is 9.94. The summed E-state index contributed by atoms with van der Waals surface area (Å²) in [4.78, 5) is 0. The van der Waals surface area contributed by atoms with Gasteiger partial charge in [0.1, 0.15) is 0 Å². The standard InChI is InChI=1S/C17H35O3P/c1-7-10-16(6,19-13-15(5)18)14(4)12-20-17(21,9-3)11-8-2/h8,14-15,18H,2,7,9-13,21H2,1,3-6H3. The number of hydrogen-bond donors (Lipinski definition) is 1. The second-order valence-electron chi connectivity index (χ2n) is 6.35. The molecule has 0 heterocycles. The molecule has 3 nitrogen and oxygen atoms in total. The van der Waals surface area contributed by atoms with Crippen molar-refractivity contribution in [1.82, 2.24) is 0 Å². The molecule has 0 aliphatic carbocycles. The van der Waals surface area contributed by atoms with Crippen molar-refractivity contribution in [2.75, 3.05) is 13.2 Å². The van der Waals surface area contributed by atoms with Crippen LogP contribution in [0.15, 0.2) is 12.7 Å². The highest BCUT2D eigenvalue weighted by atomic mass is 31.0. The lowest BCUT2D eigenvalue weighted by Crippen LogP contribution is -2.42. The van der Waals surface area contributed by atoms with E-state index in [1.54, 1.807) is 6.92 Å². The maximum atomic E-state index is 9.46. The molecule has 21 heavy (non-hydrogen) atoms. The maximum Gasteiger partial charge on any atom is 0.0844 e. The average Bonchev–Trinajstić information content (AvgIpc) is 2.43. The van der Waals surface area contributed by atoms with Crippen LogP contribution in [0.3, 0.4) is 0 Å². The molecule has 5 atom stereocenters. The Labute approximate surface area is 133 Å². The summed E-state index contributed by atoms with van der Waals surface area (Å²) in [5.74, 6) is 0.257. The van der Waals surface area contributed by atoms with Gasteiger partial charge < -0.3 is 14.6 Å². The van der Waals surface area contributed by atoms with Crippen LogP contribution in [0.2, 0.25) is 0 Å². The van der Waals surface area contributed by atoms with E-state index in [0.717, 1.165) is 25.7 Å². The topological polar surface area (TPSA) is 38.7 Å². The van der Waals surface area contributed by atoms with Crippen LogP contribution in [0, 0.1) is 5.92 Å². The van der Waals surface area contributed by atoms with E-state index in [1.165, 1.54) is 0 Å². The minimum atomic E-state index is -0.438. The first kappa shape index (κ1) is 21.0. The van der Waals surface area contributed by atoms with Crippen molar-refractivity contribution < 1.29 is 14.6 Å². The Kier molecular flexibility index (Phi) is 9.97. The molecule has 0 aromatic carbocycles. The van der Waals surface area contributed by atoms with Gasteiger partial charge in [-0.1, -0.05) is 33.3 Å². The molecule has 0 aliphatic rings. The molecule has 0 aromatic rings. The fourth-order valence-electron chi connectivity index (χ4n) is 2.29. The van der Waals surface area contributed by atoms with Gasteiger partial charge in [-0.05, 0) is 33.1 Å². The molecule has 126 valence electrons. The molecule has 0 fully saturated rings. The normalized spacial score (nSPS) is 20.3. The maximum absolute atomic E-state index is 9.46. The van der Waals surface area contributed by atoms with Gasteiger partial charge in [0.25, 0.3) is 0 Å². The zero-order valence-corrected chi connectivity index (χ0v) is 15.7. The van der Waals surface area contributed by atoms with Gasteiger partial charge in [0.05, 0.1) is 30.3 Å². The summed E-state index contributed by atoms with van der Waals surface area (Å²) in [6, 6.07) is 0. The Morgan fingerprint density at radius 3 is 2.29 bits per heavy atom. The van der Waals surface area contributed by atoms with Crippen molar-refractivity contribution in [3.05, 3.63) is 12.7 Å². The Hall–Kier alpha value is 0.0500. The van der Waals surface area contributed by atoms with Crippen LogP contribution in [0.1, 0.15) is 60.3 Å². The van der Waals surface area contributed by atoms with Crippen molar-refractivity contribution in [1.29, 1.82) is 0 Å². The highest BCUT2D eigenvalue weighted by Gasteiger charge is 2.33. The van der Waals surface area contributed by atoms with Crippen LogP contribution in [-0.4, -0.2) is 35.4 Å². The Morgan fingerprint density at radius 2 is 1.86 bits per heavy atom. The molecule has 0 radical (unpaired) electrons. The molecule has 0 aliphatic heterocycles. The minimum absolute atomic E-state index is 0.229. The van der Waals surface area contributed by atoms with Gasteiger partial charge in [0, 0.05) is 5.92 Å². The molecule has 0 spiro atoms. The predicted octanol–water partition coefficient (Wildman–Crippen LogP) is 4.15. The number of hydrogen-bond acceptors (Lipinski definition) is 3. The molecule has 0 bridgehead atoms. The molecule has 0 aromatic heterocycles. The van der Waals surface area contributed by atoms with E-state index in [9.17, 15) is 5.11 Å². The van der Waals surface area contributed by atoms with Gasteiger partial charge in [-0.15, -0.1) is 15.8 Å². The summed E-state index contributed by atoms with van der Waals surface area (Å²) in [7, 11) is 2.82. The third kappa shape index (κ3) is 7.74. The molecule has 0 rings (SSSR count). The number of ether oxygens (including phenoxy) is 2. The molecule has 4 heteroatoms. The second-order valence-corrected chi connectivity index (χ2v) is 7.40. The van der Waals surface area contributed by atoms with Crippen LogP contribution in [0.5, 0.6) is 0 Å².